The minimum Gasteiger partial charge on any atom is -0.348 e. The van der Waals surface area contributed by atoms with Crippen molar-refractivity contribution in [3.05, 3.63) is 0 Å². The number of nitrogens with zero attached hydrogens (tertiary/aromatic N) is 1. The molecule has 0 spiro atoms. The fraction of sp³-hybridized carbons (Fsp3) is 0.900. The summed E-state index contributed by atoms with van der Waals surface area (Å²) < 4.78 is 0. The molecule has 82 valence electrons. The van der Waals surface area contributed by atoms with Crippen LogP contribution in [0.1, 0.15) is 19.3 Å². The summed E-state index contributed by atoms with van der Waals surface area (Å²) in [5.74, 6) is 0.0907. The zero-order valence-corrected chi connectivity index (χ0v) is 9.04. The predicted octanol–water partition coefficient (Wildman–Crippen LogP) is -0.945. The lowest BCUT2D eigenvalue weighted by atomic mass is 9.94. The summed E-state index contributed by atoms with van der Waals surface area (Å²) in [5.41, 5.74) is 0. The van der Waals surface area contributed by atoms with E-state index in [-0.39, 0.29) is 11.8 Å². The molecule has 1 amide bonds. The van der Waals surface area contributed by atoms with Crippen LogP contribution in [0.5, 0.6) is 0 Å². The zero-order chi connectivity index (χ0) is 10.7. The van der Waals surface area contributed by atoms with Gasteiger partial charge in [0.2, 0.25) is 5.91 Å². The van der Waals surface area contributed by atoms with Crippen LogP contribution in [0.15, 0.2) is 0 Å². The Balaban J connectivity index is 1.71. The van der Waals surface area contributed by atoms with Gasteiger partial charge in [-0.25, -0.2) is 0 Å². The highest BCUT2D eigenvalue weighted by molar-refractivity contribution is 6.13. The van der Waals surface area contributed by atoms with Gasteiger partial charge in [0.15, 0.2) is 0 Å². The van der Waals surface area contributed by atoms with Gasteiger partial charge in [0.05, 0.1) is 14.4 Å². The molecule has 2 aliphatic heterocycles. The molecule has 2 heterocycles. The van der Waals surface area contributed by atoms with Gasteiger partial charge in [0, 0.05) is 19.1 Å². The maximum absolute atomic E-state index is 11.8. The van der Waals surface area contributed by atoms with E-state index < -0.39 is 0 Å². The maximum atomic E-state index is 11.8. The highest BCUT2D eigenvalue weighted by Crippen LogP contribution is 2.13. The molecular weight excluding hydrogens is 189 g/mol. The molecule has 2 atom stereocenters. The molecular formula is C10H18BN3O. The molecule has 2 unspecified atom stereocenters. The highest BCUT2D eigenvalue weighted by Gasteiger charge is 2.25. The standard InChI is InChI=1S/C10H18BN3O/c11-9-2-1-5-14(9)10(15)7-13-8-3-4-12-6-8/h8-9,12-13H,1-7H2. The molecule has 2 rings (SSSR count). The van der Waals surface area contributed by atoms with Crippen LogP contribution in [0, 0.1) is 0 Å². The Bertz CT molecular complexity index is 231. The normalized spacial score (nSPS) is 31.1. The lowest BCUT2D eigenvalue weighted by Gasteiger charge is -2.23. The number of likely N-dealkylation sites (tertiary alicyclic amines) is 1. The Morgan fingerprint density at radius 2 is 2.40 bits per heavy atom. The predicted molar refractivity (Wildman–Crippen MR) is 59.8 cm³/mol. The third-order valence-corrected chi connectivity index (χ3v) is 3.22. The van der Waals surface area contributed by atoms with Crippen LogP contribution in [-0.4, -0.2) is 56.8 Å². The Kier molecular flexibility index (Phi) is 3.64. The molecule has 4 nitrogen and oxygen atoms in total. The third-order valence-electron chi connectivity index (χ3n) is 3.22. The van der Waals surface area contributed by atoms with Crippen LogP contribution in [-0.2, 0) is 4.79 Å². The number of rotatable bonds is 3. The SMILES string of the molecule is [B]C1CCCN1C(=O)CNC1CCNC1. The minimum absolute atomic E-state index is 0.0546. The van der Waals surface area contributed by atoms with Crippen molar-refractivity contribution in [1.82, 2.24) is 15.5 Å². The van der Waals surface area contributed by atoms with Crippen LogP contribution in [0.3, 0.4) is 0 Å². The first-order valence-corrected chi connectivity index (χ1v) is 5.76. The molecule has 0 aliphatic carbocycles. The number of amides is 1. The fourth-order valence-electron chi connectivity index (χ4n) is 2.26. The summed E-state index contributed by atoms with van der Waals surface area (Å²) in [6.07, 6.45) is 3.09. The third kappa shape index (κ3) is 2.72. The second kappa shape index (κ2) is 4.99. The molecule has 2 aliphatic rings. The zero-order valence-electron chi connectivity index (χ0n) is 9.04. The van der Waals surface area contributed by atoms with Gasteiger partial charge in [-0.1, -0.05) is 0 Å². The number of carbonyl (C=O) groups excluding carboxylic acids is 1. The second-order valence-electron chi connectivity index (χ2n) is 4.37. The van der Waals surface area contributed by atoms with Crippen LogP contribution in [0.2, 0.25) is 0 Å². The van der Waals surface area contributed by atoms with E-state index >= 15 is 0 Å². The minimum atomic E-state index is -0.0546. The summed E-state index contributed by atoms with van der Waals surface area (Å²) in [6.45, 7) is 3.28. The van der Waals surface area contributed by atoms with Gasteiger partial charge < -0.3 is 15.5 Å². The largest absolute Gasteiger partial charge is 0.348 e. The molecule has 2 radical (unpaired) electrons. The number of nitrogens with one attached hydrogen (secondary N) is 2. The van der Waals surface area contributed by atoms with Crippen molar-refractivity contribution >= 4 is 13.8 Å². The van der Waals surface area contributed by atoms with Crippen LogP contribution < -0.4 is 10.6 Å². The summed E-state index contributed by atoms with van der Waals surface area (Å²) in [4.78, 5) is 13.6. The van der Waals surface area contributed by atoms with E-state index in [2.05, 4.69) is 10.6 Å². The van der Waals surface area contributed by atoms with Crippen LogP contribution >= 0.6 is 0 Å². The average molecular weight is 207 g/mol. The summed E-state index contributed by atoms with van der Waals surface area (Å²) in [6, 6.07) is 0.452. The first-order valence-electron chi connectivity index (χ1n) is 5.76. The van der Waals surface area contributed by atoms with Gasteiger partial charge in [0.1, 0.15) is 0 Å². The lowest BCUT2D eigenvalue weighted by Crippen LogP contribution is -2.44. The van der Waals surface area contributed by atoms with Gasteiger partial charge in [-0.3, -0.25) is 4.79 Å². The molecule has 0 aromatic rings. The number of hydrogen-bond acceptors (Lipinski definition) is 3. The Labute approximate surface area is 92.2 Å². The molecule has 0 aromatic heterocycles. The first kappa shape index (κ1) is 11.0. The molecule has 2 fully saturated rings. The monoisotopic (exact) mass is 207 g/mol. The van der Waals surface area contributed by atoms with Gasteiger partial charge in [-0.05, 0) is 31.7 Å². The molecule has 0 saturated carbocycles. The van der Waals surface area contributed by atoms with Crippen LogP contribution in [0.25, 0.3) is 0 Å². The first-order chi connectivity index (χ1) is 7.27. The molecule has 5 heteroatoms. The molecule has 0 bridgehead atoms. The molecule has 15 heavy (non-hydrogen) atoms. The van der Waals surface area contributed by atoms with Crippen molar-refractivity contribution in [2.45, 2.75) is 31.2 Å². The Morgan fingerprint density at radius 3 is 3.00 bits per heavy atom. The average Bonchev–Trinajstić information content (AvgIpc) is 2.84. The van der Waals surface area contributed by atoms with E-state index in [1.807, 2.05) is 0 Å². The van der Waals surface area contributed by atoms with Crippen molar-refractivity contribution in [2.75, 3.05) is 26.2 Å². The van der Waals surface area contributed by atoms with Gasteiger partial charge in [0.25, 0.3) is 0 Å². The quantitative estimate of drug-likeness (QED) is 0.587. The van der Waals surface area contributed by atoms with E-state index in [4.69, 9.17) is 7.85 Å². The van der Waals surface area contributed by atoms with Crippen molar-refractivity contribution in [1.29, 1.82) is 0 Å². The van der Waals surface area contributed by atoms with E-state index in [0.717, 1.165) is 38.9 Å². The van der Waals surface area contributed by atoms with Crippen LogP contribution in [0.4, 0.5) is 0 Å². The Morgan fingerprint density at radius 1 is 1.53 bits per heavy atom. The lowest BCUT2D eigenvalue weighted by molar-refractivity contribution is -0.129. The van der Waals surface area contributed by atoms with Gasteiger partial charge >= 0.3 is 0 Å². The summed E-state index contributed by atoms with van der Waals surface area (Å²) >= 11 is 0. The second-order valence-corrected chi connectivity index (χ2v) is 4.37. The van der Waals surface area contributed by atoms with E-state index in [1.165, 1.54) is 0 Å². The summed E-state index contributed by atoms with van der Waals surface area (Å²) in [5, 5.41) is 6.53. The fourth-order valence-corrected chi connectivity index (χ4v) is 2.26. The van der Waals surface area contributed by atoms with Crippen molar-refractivity contribution in [3.8, 4) is 0 Å². The molecule has 2 N–H and O–H groups in total. The maximum Gasteiger partial charge on any atom is 0.236 e. The van der Waals surface area contributed by atoms with E-state index in [9.17, 15) is 4.79 Å². The topological polar surface area (TPSA) is 44.4 Å². The smallest absolute Gasteiger partial charge is 0.236 e. The Hall–Kier alpha value is -0.545. The molecule has 2 saturated heterocycles. The van der Waals surface area contributed by atoms with E-state index in [0.29, 0.717) is 12.6 Å². The van der Waals surface area contributed by atoms with Crippen molar-refractivity contribution in [3.63, 3.8) is 0 Å². The van der Waals surface area contributed by atoms with Gasteiger partial charge in [-0.15, -0.1) is 0 Å². The van der Waals surface area contributed by atoms with Gasteiger partial charge in [-0.2, -0.15) is 0 Å². The van der Waals surface area contributed by atoms with Crippen molar-refractivity contribution < 1.29 is 4.79 Å². The van der Waals surface area contributed by atoms with Crippen molar-refractivity contribution in [2.24, 2.45) is 0 Å². The summed E-state index contributed by atoms with van der Waals surface area (Å²) in [7, 11) is 5.83. The number of hydrogen-bond donors (Lipinski definition) is 2. The highest BCUT2D eigenvalue weighted by atomic mass is 16.2. The number of carbonyl (C=O) groups is 1. The van der Waals surface area contributed by atoms with E-state index in [1.54, 1.807) is 4.90 Å². The molecule has 0 aromatic carbocycles.